The topological polar surface area (TPSA) is 30.7 Å². The zero-order chi connectivity index (χ0) is 14.4. The monoisotopic (exact) mass is 387 g/mol. The molecular formula is C17H14IN3. The number of nitrogens with zero attached hydrogens (tertiary/aromatic N) is 3. The lowest BCUT2D eigenvalue weighted by Crippen LogP contribution is -2.05. The number of alkyl halides is 1. The highest BCUT2D eigenvalue weighted by atomic mass is 127. The summed E-state index contributed by atoms with van der Waals surface area (Å²) in [5, 5.41) is 8.70. The smallest absolute Gasteiger partial charge is 0.121 e. The van der Waals surface area contributed by atoms with E-state index in [1.807, 2.05) is 11.7 Å². The molecule has 1 aromatic heterocycles. The van der Waals surface area contributed by atoms with Gasteiger partial charge < -0.3 is 0 Å². The molecule has 104 valence electrons. The van der Waals surface area contributed by atoms with Crippen molar-refractivity contribution in [3.8, 4) is 22.5 Å². The summed E-state index contributed by atoms with van der Waals surface area (Å²) in [5.41, 5.74) is 7.25. The Balaban J connectivity index is 2.11. The zero-order valence-corrected chi connectivity index (χ0v) is 13.8. The molecule has 0 saturated heterocycles. The molecule has 0 amide bonds. The first-order valence-corrected chi connectivity index (χ1v) is 8.21. The van der Waals surface area contributed by atoms with Crippen LogP contribution in [0.1, 0.15) is 15.1 Å². The van der Waals surface area contributed by atoms with Crippen LogP contribution in [0, 0.1) is 0 Å². The van der Waals surface area contributed by atoms with Gasteiger partial charge in [-0.3, -0.25) is 0 Å². The van der Waals surface area contributed by atoms with E-state index in [9.17, 15) is 0 Å². The first-order valence-electron chi connectivity index (χ1n) is 6.97. The molecule has 4 heteroatoms. The molecule has 1 aliphatic rings. The van der Waals surface area contributed by atoms with Gasteiger partial charge in [-0.2, -0.15) is 0 Å². The predicted octanol–water partition coefficient (Wildman–Crippen LogP) is 4.18. The molecule has 0 radical (unpaired) electrons. The van der Waals surface area contributed by atoms with Gasteiger partial charge >= 0.3 is 0 Å². The number of aromatic nitrogens is 3. The van der Waals surface area contributed by atoms with E-state index in [0.717, 1.165) is 17.8 Å². The lowest BCUT2D eigenvalue weighted by molar-refractivity contribution is 0.720. The van der Waals surface area contributed by atoms with Gasteiger partial charge in [-0.25, -0.2) is 4.68 Å². The lowest BCUT2D eigenvalue weighted by atomic mass is 9.89. The van der Waals surface area contributed by atoms with Gasteiger partial charge in [-0.05, 0) is 17.5 Å². The number of aryl methyl sites for hydroxylation is 1. The Morgan fingerprint density at radius 1 is 1.05 bits per heavy atom. The molecule has 0 spiro atoms. The van der Waals surface area contributed by atoms with Crippen molar-refractivity contribution in [1.29, 1.82) is 0 Å². The van der Waals surface area contributed by atoms with Crippen LogP contribution in [0.25, 0.3) is 22.5 Å². The third-order valence-electron chi connectivity index (χ3n) is 4.05. The minimum absolute atomic E-state index is 0.447. The Hall–Kier alpha value is -1.69. The summed E-state index contributed by atoms with van der Waals surface area (Å²) in [5.74, 6) is 0. The van der Waals surface area contributed by atoms with Crippen molar-refractivity contribution < 1.29 is 0 Å². The van der Waals surface area contributed by atoms with Crippen molar-refractivity contribution in [2.45, 2.75) is 10.3 Å². The molecule has 3 aromatic rings. The number of hydrogen-bond donors (Lipinski definition) is 0. The fraction of sp³-hybridized carbons (Fsp3) is 0.176. The SMILES string of the molecule is Cn1nnc2c1-c1ccccc1C(I)Cc1ccccc1-2. The van der Waals surface area contributed by atoms with E-state index < -0.39 is 0 Å². The summed E-state index contributed by atoms with van der Waals surface area (Å²) in [7, 11) is 1.97. The molecule has 0 bridgehead atoms. The largest absolute Gasteiger partial charge is 0.247 e. The number of rotatable bonds is 0. The number of benzene rings is 2. The van der Waals surface area contributed by atoms with Crippen molar-refractivity contribution in [2.24, 2.45) is 7.05 Å². The Bertz CT molecular complexity index is 822. The fourth-order valence-corrected chi connectivity index (χ4v) is 4.08. The maximum absolute atomic E-state index is 4.43. The van der Waals surface area contributed by atoms with E-state index >= 15 is 0 Å². The Morgan fingerprint density at radius 2 is 1.76 bits per heavy atom. The van der Waals surface area contributed by atoms with Crippen LogP contribution < -0.4 is 0 Å². The molecule has 1 atom stereocenters. The molecule has 3 nitrogen and oxygen atoms in total. The van der Waals surface area contributed by atoms with Crippen LogP contribution in [0.4, 0.5) is 0 Å². The fourth-order valence-electron chi connectivity index (χ4n) is 3.06. The van der Waals surface area contributed by atoms with Gasteiger partial charge in [0.25, 0.3) is 0 Å². The third kappa shape index (κ3) is 2.00. The van der Waals surface area contributed by atoms with E-state index in [0.29, 0.717) is 3.92 Å². The number of hydrogen-bond acceptors (Lipinski definition) is 2. The molecule has 1 aliphatic carbocycles. The number of fused-ring (bicyclic) bond motifs is 5. The Kier molecular flexibility index (Phi) is 3.06. The second kappa shape index (κ2) is 4.94. The highest BCUT2D eigenvalue weighted by Crippen LogP contribution is 2.42. The molecule has 1 heterocycles. The average molecular weight is 387 g/mol. The lowest BCUT2D eigenvalue weighted by Gasteiger charge is -2.21. The van der Waals surface area contributed by atoms with Crippen LogP contribution in [-0.4, -0.2) is 15.0 Å². The van der Waals surface area contributed by atoms with Gasteiger partial charge in [0.05, 0.1) is 5.69 Å². The first-order chi connectivity index (χ1) is 10.3. The number of halogens is 1. The molecule has 21 heavy (non-hydrogen) atoms. The van der Waals surface area contributed by atoms with Crippen LogP contribution in [0.5, 0.6) is 0 Å². The quantitative estimate of drug-likeness (QED) is 0.428. The highest BCUT2D eigenvalue weighted by molar-refractivity contribution is 14.1. The molecule has 2 aromatic carbocycles. The van der Waals surface area contributed by atoms with E-state index in [2.05, 4.69) is 81.4 Å². The Morgan fingerprint density at radius 3 is 2.62 bits per heavy atom. The van der Waals surface area contributed by atoms with Crippen molar-refractivity contribution in [3.63, 3.8) is 0 Å². The highest BCUT2D eigenvalue weighted by Gasteiger charge is 2.25. The second-order valence-electron chi connectivity index (χ2n) is 5.33. The maximum atomic E-state index is 4.43. The summed E-state index contributed by atoms with van der Waals surface area (Å²) in [6.45, 7) is 0. The molecular weight excluding hydrogens is 373 g/mol. The van der Waals surface area contributed by atoms with Crippen LogP contribution >= 0.6 is 22.6 Å². The van der Waals surface area contributed by atoms with Gasteiger partial charge in [0.2, 0.25) is 0 Å². The summed E-state index contributed by atoms with van der Waals surface area (Å²) < 4.78 is 2.34. The minimum atomic E-state index is 0.447. The van der Waals surface area contributed by atoms with Crippen LogP contribution in [0.15, 0.2) is 48.5 Å². The van der Waals surface area contributed by atoms with Gasteiger partial charge in [0.1, 0.15) is 5.69 Å². The third-order valence-corrected chi connectivity index (χ3v) is 5.16. The summed E-state index contributed by atoms with van der Waals surface area (Å²) in [6.07, 6.45) is 1.02. The zero-order valence-electron chi connectivity index (χ0n) is 11.6. The van der Waals surface area contributed by atoms with Gasteiger partial charge in [0, 0.05) is 22.1 Å². The van der Waals surface area contributed by atoms with Gasteiger partial charge in [0.15, 0.2) is 0 Å². The standard InChI is InChI=1S/C17H14IN3/c1-21-17-14-9-5-4-8-13(14)15(18)10-11-6-2-3-7-12(11)16(17)19-20-21/h2-9,15H,10H2,1H3. The second-order valence-corrected chi connectivity index (χ2v) is 6.83. The van der Waals surface area contributed by atoms with E-state index in [1.54, 1.807) is 0 Å². The van der Waals surface area contributed by atoms with Crippen molar-refractivity contribution in [1.82, 2.24) is 15.0 Å². The predicted molar refractivity (Wildman–Crippen MR) is 92.3 cm³/mol. The van der Waals surface area contributed by atoms with Crippen molar-refractivity contribution in [2.75, 3.05) is 0 Å². The maximum Gasteiger partial charge on any atom is 0.121 e. The van der Waals surface area contributed by atoms with Crippen LogP contribution in [-0.2, 0) is 13.5 Å². The molecule has 0 saturated carbocycles. The molecule has 0 fully saturated rings. The average Bonchev–Trinajstić information content (AvgIpc) is 2.87. The Labute approximate surface area is 137 Å². The van der Waals surface area contributed by atoms with Crippen molar-refractivity contribution >= 4 is 22.6 Å². The molecule has 4 rings (SSSR count). The van der Waals surface area contributed by atoms with Crippen LogP contribution in [0.2, 0.25) is 0 Å². The van der Waals surface area contributed by atoms with Gasteiger partial charge in [-0.1, -0.05) is 76.3 Å². The molecule has 1 unspecified atom stereocenters. The summed E-state index contributed by atoms with van der Waals surface area (Å²) in [6, 6.07) is 17.1. The van der Waals surface area contributed by atoms with E-state index in [-0.39, 0.29) is 0 Å². The summed E-state index contributed by atoms with van der Waals surface area (Å²) in [4.78, 5) is 0. The summed E-state index contributed by atoms with van der Waals surface area (Å²) >= 11 is 2.55. The van der Waals surface area contributed by atoms with Gasteiger partial charge in [-0.15, -0.1) is 5.10 Å². The van der Waals surface area contributed by atoms with Crippen LogP contribution in [0.3, 0.4) is 0 Å². The first kappa shape index (κ1) is 13.0. The van der Waals surface area contributed by atoms with E-state index in [4.69, 9.17) is 0 Å². The molecule has 0 aliphatic heterocycles. The normalized spacial score (nSPS) is 16.4. The minimum Gasteiger partial charge on any atom is -0.247 e. The van der Waals surface area contributed by atoms with Crippen molar-refractivity contribution in [3.05, 3.63) is 59.7 Å². The van der Waals surface area contributed by atoms with E-state index in [1.165, 1.54) is 22.3 Å². The molecule has 0 N–H and O–H groups in total.